The van der Waals surface area contributed by atoms with Gasteiger partial charge in [-0.1, -0.05) is 23.7 Å². The van der Waals surface area contributed by atoms with Crippen molar-refractivity contribution >= 4 is 6.01 Å². The molecule has 19 heavy (non-hydrogen) atoms. The number of anilines is 1. The highest BCUT2D eigenvalue weighted by atomic mass is 19.1. The topological polar surface area (TPSA) is 51.0 Å². The molecule has 1 aliphatic carbocycles. The van der Waals surface area contributed by atoms with Crippen molar-refractivity contribution in [3.05, 3.63) is 41.5 Å². The summed E-state index contributed by atoms with van der Waals surface area (Å²) in [5.41, 5.74) is 0.977. The summed E-state index contributed by atoms with van der Waals surface area (Å²) in [6.45, 7) is 1.97. The summed E-state index contributed by atoms with van der Waals surface area (Å²) in [7, 11) is 0. The zero-order chi connectivity index (χ0) is 13.2. The zero-order valence-corrected chi connectivity index (χ0v) is 10.8. The van der Waals surface area contributed by atoms with E-state index in [1.807, 2.05) is 6.92 Å². The molecule has 1 aliphatic rings. The first-order chi connectivity index (χ1) is 9.22. The lowest BCUT2D eigenvalue weighted by Crippen LogP contribution is -2.08. The molecule has 1 heterocycles. The van der Waals surface area contributed by atoms with Crippen LogP contribution in [0.15, 0.2) is 28.7 Å². The zero-order valence-electron chi connectivity index (χ0n) is 10.8. The highest BCUT2D eigenvalue weighted by Crippen LogP contribution is 2.36. The van der Waals surface area contributed by atoms with Crippen molar-refractivity contribution in [3.8, 4) is 0 Å². The van der Waals surface area contributed by atoms with Crippen molar-refractivity contribution in [2.75, 3.05) is 5.32 Å². The van der Waals surface area contributed by atoms with Crippen LogP contribution in [0, 0.1) is 5.82 Å². The largest absolute Gasteiger partial charge is 0.408 e. The molecule has 0 unspecified atom stereocenters. The van der Waals surface area contributed by atoms with Gasteiger partial charge in [-0.25, -0.2) is 4.39 Å². The Labute approximate surface area is 111 Å². The standard InChI is InChI=1S/C14H16FN3O/c1-9(10-5-7-12(15)8-6-10)16-14-18-17-13(19-14)11-3-2-4-11/h5-9,11H,2-4H2,1H3,(H,16,18)/t9-/m0/s1. The number of nitrogens with zero attached hydrogens (tertiary/aromatic N) is 2. The Hall–Kier alpha value is -1.91. The van der Waals surface area contributed by atoms with E-state index >= 15 is 0 Å². The number of aromatic nitrogens is 2. The van der Waals surface area contributed by atoms with E-state index in [1.165, 1.54) is 18.6 Å². The smallest absolute Gasteiger partial charge is 0.315 e. The molecule has 0 bridgehead atoms. The van der Waals surface area contributed by atoms with Crippen molar-refractivity contribution in [3.63, 3.8) is 0 Å². The second kappa shape index (κ2) is 4.99. The van der Waals surface area contributed by atoms with Gasteiger partial charge in [-0.05, 0) is 37.5 Å². The summed E-state index contributed by atoms with van der Waals surface area (Å²) >= 11 is 0. The van der Waals surface area contributed by atoms with Crippen molar-refractivity contribution in [2.24, 2.45) is 0 Å². The average Bonchev–Trinajstić information content (AvgIpc) is 2.76. The first kappa shape index (κ1) is 12.1. The monoisotopic (exact) mass is 261 g/mol. The first-order valence-corrected chi connectivity index (χ1v) is 6.58. The molecular formula is C14H16FN3O. The molecule has 1 atom stereocenters. The highest BCUT2D eigenvalue weighted by Gasteiger charge is 2.25. The fraction of sp³-hybridized carbons (Fsp3) is 0.429. The maximum absolute atomic E-state index is 12.9. The fourth-order valence-corrected chi connectivity index (χ4v) is 2.13. The van der Waals surface area contributed by atoms with Crippen molar-refractivity contribution in [2.45, 2.75) is 38.1 Å². The fourth-order valence-electron chi connectivity index (χ4n) is 2.13. The van der Waals surface area contributed by atoms with Gasteiger partial charge < -0.3 is 9.73 Å². The molecule has 3 rings (SSSR count). The molecule has 5 heteroatoms. The van der Waals surface area contributed by atoms with Gasteiger partial charge in [0.15, 0.2) is 0 Å². The first-order valence-electron chi connectivity index (χ1n) is 6.58. The molecule has 0 amide bonds. The molecule has 1 aromatic heterocycles. The Kier molecular flexibility index (Phi) is 3.19. The van der Waals surface area contributed by atoms with E-state index in [4.69, 9.17) is 4.42 Å². The van der Waals surface area contributed by atoms with Crippen LogP contribution in [0.2, 0.25) is 0 Å². The molecule has 1 fully saturated rings. The number of halogens is 1. The molecule has 4 nitrogen and oxygen atoms in total. The van der Waals surface area contributed by atoms with Gasteiger partial charge in [0.2, 0.25) is 5.89 Å². The van der Waals surface area contributed by atoms with E-state index in [9.17, 15) is 4.39 Å². The van der Waals surface area contributed by atoms with Crippen LogP contribution < -0.4 is 5.32 Å². The average molecular weight is 261 g/mol. The van der Waals surface area contributed by atoms with Crippen molar-refractivity contribution in [1.82, 2.24) is 10.2 Å². The van der Waals surface area contributed by atoms with Gasteiger partial charge in [-0.2, -0.15) is 0 Å². The minimum absolute atomic E-state index is 0.00436. The number of benzene rings is 1. The second-order valence-corrected chi connectivity index (χ2v) is 4.99. The van der Waals surface area contributed by atoms with Gasteiger partial charge in [0.05, 0.1) is 6.04 Å². The maximum Gasteiger partial charge on any atom is 0.315 e. The van der Waals surface area contributed by atoms with Gasteiger partial charge in [-0.15, -0.1) is 5.10 Å². The highest BCUT2D eigenvalue weighted by molar-refractivity contribution is 5.28. The SMILES string of the molecule is C[C@H](Nc1nnc(C2CCC2)o1)c1ccc(F)cc1. The summed E-state index contributed by atoms with van der Waals surface area (Å²) in [6.07, 6.45) is 3.51. The molecule has 0 aliphatic heterocycles. The van der Waals surface area contributed by atoms with E-state index in [2.05, 4.69) is 15.5 Å². The van der Waals surface area contributed by atoms with E-state index in [0.29, 0.717) is 11.9 Å². The van der Waals surface area contributed by atoms with Crippen LogP contribution in [-0.2, 0) is 0 Å². The quantitative estimate of drug-likeness (QED) is 0.912. The summed E-state index contributed by atoms with van der Waals surface area (Å²) in [4.78, 5) is 0. The Bertz CT molecular complexity index is 548. The normalized spacial score (nSPS) is 16.9. The number of nitrogens with one attached hydrogen (secondary N) is 1. The molecule has 1 N–H and O–H groups in total. The van der Waals surface area contributed by atoms with Gasteiger partial charge >= 0.3 is 6.01 Å². The van der Waals surface area contributed by atoms with E-state index in [-0.39, 0.29) is 11.9 Å². The Balaban J connectivity index is 1.66. The Morgan fingerprint density at radius 3 is 2.63 bits per heavy atom. The van der Waals surface area contributed by atoms with Crippen LogP contribution in [0.5, 0.6) is 0 Å². The summed E-state index contributed by atoms with van der Waals surface area (Å²) in [5, 5.41) is 11.2. The van der Waals surface area contributed by atoms with Gasteiger partial charge in [-0.3, -0.25) is 0 Å². The van der Waals surface area contributed by atoms with Crippen LogP contribution in [0.3, 0.4) is 0 Å². The third-order valence-corrected chi connectivity index (χ3v) is 3.61. The lowest BCUT2D eigenvalue weighted by atomic mass is 9.85. The summed E-state index contributed by atoms with van der Waals surface area (Å²) in [6, 6.07) is 6.81. The minimum Gasteiger partial charge on any atom is -0.408 e. The maximum atomic E-state index is 12.9. The van der Waals surface area contributed by atoms with Gasteiger partial charge in [0.1, 0.15) is 5.82 Å². The number of rotatable bonds is 4. The van der Waals surface area contributed by atoms with E-state index in [0.717, 1.165) is 24.3 Å². The van der Waals surface area contributed by atoms with E-state index < -0.39 is 0 Å². The van der Waals surface area contributed by atoms with Crippen LogP contribution in [0.4, 0.5) is 10.4 Å². The third kappa shape index (κ3) is 2.59. The molecule has 100 valence electrons. The van der Waals surface area contributed by atoms with Gasteiger partial charge in [0, 0.05) is 5.92 Å². The minimum atomic E-state index is -0.235. The van der Waals surface area contributed by atoms with Crippen LogP contribution in [0.1, 0.15) is 49.6 Å². The molecule has 1 saturated carbocycles. The Morgan fingerprint density at radius 2 is 2.00 bits per heavy atom. The third-order valence-electron chi connectivity index (χ3n) is 3.61. The van der Waals surface area contributed by atoms with Crippen LogP contribution >= 0.6 is 0 Å². The Morgan fingerprint density at radius 1 is 1.26 bits per heavy atom. The number of hydrogen-bond acceptors (Lipinski definition) is 4. The predicted molar refractivity (Wildman–Crippen MR) is 69.3 cm³/mol. The van der Waals surface area contributed by atoms with Crippen LogP contribution in [-0.4, -0.2) is 10.2 Å². The molecule has 1 aromatic carbocycles. The number of hydrogen-bond donors (Lipinski definition) is 1. The van der Waals surface area contributed by atoms with E-state index in [1.54, 1.807) is 12.1 Å². The molecule has 0 saturated heterocycles. The lowest BCUT2D eigenvalue weighted by molar-refractivity contribution is 0.338. The summed E-state index contributed by atoms with van der Waals surface area (Å²) < 4.78 is 18.4. The molecule has 0 spiro atoms. The van der Waals surface area contributed by atoms with Crippen LogP contribution in [0.25, 0.3) is 0 Å². The summed E-state index contributed by atoms with van der Waals surface area (Å²) in [5.74, 6) is 0.922. The second-order valence-electron chi connectivity index (χ2n) is 4.99. The molecular weight excluding hydrogens is 245 g/mol. The molecule has 2 aromatic rings. The molecule has 0 radical (unpaired) electrons. The van der Waals surface area contributed by atoms with Crippen molar-refractivity contribution in [1.29, 1.82) is 0 Å². The van der Waals surface area contributed by atoms with Crippen molar-refractivity contribution < 1.29 is 8.81 Å². The lowest BCUT2D eigenvalue weighted by Gasteiger charge is -2.20. The van der Waals surface area contributed by atoms with Gasteiger partial charge in [0.25, 0.3) is 0 Å². The predicted octanol–water partition coefficient (Wildman–Crippen LogP) is 3.65.